The van der Waals surface area contributed by atoms with Gasteiger partial charge in [0.1, 0.15) is 5.75 Å². The number of para-hydroxylation sites is 1. The number of likely N-dealkylation sites (tertiary alicyclic amines) is 1. The van der Waals surface area contributed by atoms with Gasteiger partial charge in [-0.05, 0) is 6.07 Å². The normalized spacial score (nSPS) is 14.4. The van der Waals surface area contributed by atoms with Crippen molar-refractivity contribution in [3.8, 4) is 5.75 Å². The van der Waals surface area contributed by atoms with Gasteiger partial charge in [0.15, 0.2) is 5.82 Å². The third-order valence-corrected chi connectivity index (χ3v) is 4.19. The molecule has 8 heteroatoms. The van der Waals surface area contributed by atoms with Gasteiger partial charge in [0.25, 0.3) is 5.91 Å². The molecule has 3 heterocycles. The highest BCUT2D eigenvalue weighted by atomic mass is 16.5. The van der Waals surface area contributed by atoms with Crippen LogP contribution in [0.1, 0.15) is 33.8 Å². The largest absolute Gasteiger partial charge is 0.496 e. The molecule has 1 fully saturated rings. The van der Waals surface area contributed by atoms with Crippen molar-refractivity contribution < 1.29 is 18.6 Å². The van der Waals surface area contributed by atoms with Crippen LogP contribution in [0.2, 0.25) is 0 Å². The Morgan fingerprint density at radius 3 is 2.88 bits per heavy atom. The molecule has 0 saturated carbocycles. The molecule has 1 saturated heterocycles. The molecular weight excluding hydrogens is 324 g/mol. The van der Waals surface area contributed by atoms with Crippen molar-refractivity contribution in [1.29, 1.82) is 0 Å². The lowest BCUT2D eigenvalue weighted by molar-refractivity contribution is 0.0527. The average molecular weight is 340 g/mol. The van der Waals surface area contributed by atoms with Gasteiger partial charge >= 0.3 is 0 Å². The quantitative estimate of drug-likeness (QED) is 0.700. The summed E-state index contributed by atoms with van der Waals surface area (Å²) in [5.74, 6) is 2.04. The maximum atomic E-state index is 12.1. The van der Waals surface area contributed by atoms with Crippen molar-refractivity contribution in [3.05, 3.63) is 59.6 Å². The fourth-order valence-electron chi connectivity index (χ4n) is 2.81. The highest BCUT2D eigenvalue weighted by molar-refractivity contribution is 5.91. The summed E-state index contributed by atoms with van der Waals surface area (Å²) in [4.78, 5) is 18.2. The van der Waals surface area contributed by atoms with Crippen LogP contribution in [-0.2, 0) is 6.42 Å². The minimum Gasteiger partial charge on any atom is -0.496 e. The number of methoxy groups -OCH3 is 1. The predicted octanol–water partition coefficient (Wildman–Crippen LogP) is 1.90. The summed E-state index contributed by atoms with van der Waals surface area (Å²) in [6.45, 7) is 1.05. The molecule has 0 bridgehead atoms. The summed E-state index contributed by atoms with van der Waals surface area (Å²) in [6, 6.07) is 9.27. The number of carbonyl (C=O) groups excluding carboxylic acids is 1. The summed E-state index contributed by atoms with van der Waals surface area (Å²) in [5.41, 5.74) is 0.994. The smallest absolute Gasteiger partial charge is 0.292 e. The number of nitrogens with zero attached hydrogens (tertiary/aromatic N) is 4. The van der Waals surface area contributed by atoms with E-state index in [2.05, 4.69) is 15.3 Å². The first kappa shape index (κ1) is 15.4. The third-order valence-electron chi connectivity index (χ3n) is 4.19. The Balaban J connectivity index is 1.39. The fourth-order valence-corrected chi connectivity index (χ4v) is 2.81. The van der Waals surface area contributed by atoms with E-state index < -0.39 is 0 Å². The van der Waals surface area contributed by atoms with Crippen molar-refractivity contribution in [2.24, 2.45) is 0 Å². The number of aromatic nitrogens is 3. The van der Waals surface area contributed by atoms with Crippen LogP contribution in [0.4, 0.5) is 0 Å². The number of amides is 1. The van der Waals surface area contributed by atoms with Crippen molar-refractivity contribution in [2.75, 3.05) is 20.2 Å². The molecule has 0 unspecified atom stereocenters. The van der Waals surface area contributed by atoms with Crippen LogP contribution in [0.3, 0.4) is 0 Å². The first-order valence-electron chi connectivity index (χ1n) is 7.89. The van der Waals surface area contributed by atoms with Gasteiger partial charge in [0.05, 0.1) is 19.2 Å². The third kappa shape index (κ3) is 2.98. The van der Waals surface area contributed by atoms with Crippen LogP contribution in [0.5, 0.6) is 5.75 Å². The highest BCUT2D eigenvalue weighted by Gasteiger charge is 2.37. The molecule has 1 aliphatic rings. The molecule has 4 rings (SSSR count). The standard InChI is InChI=1S/C17H16N4O4/c1-23-13-5-3-2-4-11(13)8-15-19-16(25-20-15)12-9-21(10-12)17(22)14-6-7-18-24-14/h2-7,12H,8-10H2,1H3. The van der Waals surface area contributed by atoms with Crippen LogP contribution < -0.4 is 4.74 Å². The van der Waals surface area contributed by atoms with E-state index in [1.807, 2.05) is 24.3 Å². The topological polar surface area (TPSA) is 94.5 Å². The molecule has 0 N–H and O–H groups in total. The van der Waals surface area contributed by atoms with Gasteiger partial charge < -0.3 is 18.7 Å². The molecule has 1 aromatic carbocycles. The van der Waals surface area contributed by atoms with Crippen molar-refractivity contribution in [2.45, 2.75) is 12.3 Å². The van der Waals surface area contributed by atoms with Crippen molar-refractivity contribution >= 4 is 5.91 Å². The van der Waals surface area contributed by atoms with Crippen LogP contribution >= 0.6 is 0 Å². The number of carbonyl (C=O) groups is 1. The molecule has 128 valence electrons. The van der Waals surface area contributed by atoms with Crippen LogP contribution in [0, 0.1) is 0 Å². The van der Waals surface area contributed by atoms with Crippen LogP contribution in [0.25, 0.3) is 0 Å². The lowest BCUT2D eigenvalue weighted by Gasteiger charge is -2.36. The van der Waals surface area contributed by atoms with Crippen molar-refractivity contribution in [3.63, 3.8) is 0 Å². The van der Waals surface area contributed by atoms with Gasteiger partial charge in [-0.1, -0.05) is 28.5 Å². The number of ether oxygens (including phenoxy) is 1. The highest BCUT2D eigenvalue weighted by Crippen LogP contribution is 2.28. The van der Waals surface area contributed by atoms with Gasteiger partial charge in [-0.15, -0.1) is 0 Å². The molecule has 0 aliphatic carbocycles. The molecule has 1 amide bonds. The van der Waals surface area contributed by atoms with E-state index >= 15 is 0 Å². The molecular formula is C17H16N4O4. The van der Waals surface area contributed by atoms with Gasteiger partial charge in [-0.25, -0.2) is 0 Å². The zero-order valence-corrected chi connectivity index (χ0v) is 13.6. The molecule has 2 aromatic heterocycles. The van der Waals surface area contributed by atoms with E-state index in [-0.39, 0.29) is 17.6 Å². The Hall–Kier alpha value is -3.16. The number of hydrogen-bond donors (Lipinski definition) is 0. The maximum Gasteiger partial charge on any atom is 0.292 e. The molecule has 25 heavy (non-hydrogen) atoms. The van der Waals surface area contributed by atoms with Gasteiger partial charge in [0, 0.05) is 31.1 Å². The lowest BCUT2D eigenvalue weighted by Crippen LogP contribution is -2.48. The Bertz CT molecular complexity index is 868. The summed E-state index contributed by atoms with van der Waals surface area (Å²) < 4.78 is 15.6. The minimum atomic E-state index is -0.178. The van der Waals surface area contributed by atoms with E-state index in [1.54, 1.807) is 18.1 Å². The Kier molecular flexibility index (Phi) is 3.93. The molecule has 1 aliphatic heterocycles. The first-order valence-corrected chi connectivity index (χ1v) is 7.89. The number of benzene rings is 1. The zero-order chi connectivity index (χ0) is 17.2. The zero-order valence-electron chi connectivity index (χ0n) is 13.6. The monoisotopic (exact) mass is 340 g/mol. The minimum absolute atomic E-state index is 0.0470. The Morgan fingerprint density at radius 1 is 1.28 bits per heavy atom. The first-order chi connectivity index (χ1) is 12.2. The maximum absolute atomic E-state index is 12.1. The molecule has 0 atom stereocenters. The van der Waals surface area contributed by atoms with Crippen molar-refractivity contribution in [1.82, 2.24) is 20.2 Å². The van der Waals surface area contributed by atoms with Crippen LogP contribution in [0.15, 0.2) is 45.6 Å². The van der Waals surface area contributed by atoms with Gasteiger partial charge in [0.2, 0.25) is 11.7 Å². The average Bonchev–Trinajstić information content (AvgIpc) is 3.26. The van der Waals surface area contributed by atoms with E-state index in [1.165, 1.54) is 6.20 Å². The predicted molar refractivity (Wildman–Crippen MR) is 85.2 cm³/mol. The van der Waals surface area contributed by atoms with Crippen LogP contribution in [-0.4, -0.2) is 46.3 Å². The summed E-state index contributed by atoms with van der Waals surface area (Å²) >= 11 is 0. The molecule has 0 radical (unpaired) electrons. The molecule has 0 spiro atoms. The SMILES string of the molecule is COc1ccccc1Cc1noc(C2CN(C(=O)c3ccno3)C2)n1. The molecule has 3 aromatic rings. The lowest BCUT2D eigenvalue weighted by atomic mass is 10.00. The van der Waals surface area contributed by atoms with Gasteiger partial charge in [-0.2, -0.15) is 4.98 Å². The number of hydrogen-bond acceptors (Lipinski definition) is 7. The second kappa shape index (κ2) is 6.39. The molecule has 8 nitrogen and oxygen atoms in total. The second-order valence-corrected chi connectivity index (χ2v) is 5.82. The number of rotatable bonds is 5. The van der Waals surface area contributed by atoms with E-state index in [4.69, 9.17) is 13.8 Å². The fraction of sp³-hybridized carbons (Fsp3) is 0.294. The summed E-state index contributed by atoms with van der Waals surface area (Å²) in [5, 5.41) is 7.58. The summed E-state index contributed by atoms with van der Waals surface area (Å²) in [6.07, 6.45) is 1.98. The van der Waals surface area contributed by atoms with E-state index in [0.29, 0.717) is 31.2 Å². The van der Waals surface area contributed by atoms with E-state index in [0.717, 1.165) is 11.3 Å². The Morgan fingerprint density at radius 2 is 2.12 bits per heavy atom. The summed E-state index contributed by atoms with van der Waals surface area (Å²) in [7, 11) is 1.63. The van der Waals surface area contributed by atoms with Gasteiger partial charge in [-0.3, -0.25) is 4.79 Å². The Labute approximate surface area is 143 Å². The van der Waals surface area contributed by atoms with E-state index in [9.17, 15) is 4.79 Å². The second-order valence-electron chi connectivity index (χ2n) is 5.82.